The number of carbonyl (C=O) groups excluding carboxylic acids is 2. The summed E-state index contributed by atoms with van der Waals surface area (Å²) in [5, 5.41) is 0. The van der Waals surface area contributed by atoms with Gasteiger partial charge in [-0.05, 0) is 83.7 Å². The summed E-state index contributed by atoms with van der Waals surface area (Å²) >= 11 is 0.759. The summed E-state index contributed by atoms with van der Waals surface area (Å²) in [5.41, 5.74) is 0.894. The van der Waals surface area contributed by atoms with Crippen molar-refractivity contribution < 1.29 is 27.1 Å². The van der Waals surface area contributed by atoms with Crippen molar-refractivity contribution in [2.75, 3.05) is 11.5 Å². The van der Waals surface area contributed by atoms with Crippen LogP contribution in [0.3, 0.4) is 0 Å². The number of hydrogen-bond acceptors (Lipinski definition) is 6. The van der Waals surface area contributed by atoms with E-state index in [1.54, 1.807) is 0 Å². The molecule has 0 heterocycles. The van der Waals surface area contributed by atoms with Crippen LogP contribution in [0.2, 0.25) is 0 Å². The van der Waals surface area contributed by atoms with Gasteiger partial charge >= 0.3 is 0 Å². The van der Waals surface area contributed by atoms with E-state index in [1.165, 1.54) is 0 Å². The highest BCUT2D eigenvalue weighted by molar-refractivity contribution is 7.93. The van der Waals surface area contributed by atoms with Crippen LogP contribution >= 0.6 is 12.0 Å². The summed E-state index contributed by atoms with van der Waals surface area (Å²) in [6.45, 7) is 8.13. The third-order valence-corrected chi connectivity index (χ3v) is 11.9. The largest absolute Gasteiger partial charge is 0.330 e. The van der Waals surface area contributed by atoms with Gasteiger partial charge in [-0.1, -0.05) is 52.0 Å². The summed E-state index contributed by atoms with van der Waals surface area (Å²) in [5.74, 6) is -0.0163. The number of allylic oxidation sites excluding steroid dienone is 2. The summed E-state index contributed by atoms with van der Waals surface area (Å²) in [6, 6.07) is 7.72. The highest BCUT2D eigenvalue weighted by Gasteiger charge is 2.68. The van der Waals surface area contributed by atoms with Crippen molar-refractivity contribution in [3.05, 3.63) is 46.5 Å². The molecule has 1 aromatic rings. The van der Waals surface area contributed by atoms with E-state index in [0.717, 1.165) is 48.0 Å². The molecule has 4 fully saturated rings. The van der Waals surface area contributed by atoms with Crippen LogP contribution < -0.4 is 0 Å². The fourth-order valence-corrected chi connectivity index (χ4v) is 10.2. The first-order valence-electron chi connectivity index (χ1n) is 12.5. The molecular formula is C28H34O6S2. The Kier molecular flexibility index (Phi) is 5.85. The molecule has 4 aliphatic carbocycles. The van der Waals surface area contributed by atoms with Crippen LogP contribution in [0.25, 0.3) is 12.2 Å². The van der Waals surface area contributed by atoms with Crippen molar-refractivity contribution in [2.24, 2.45) is 33.5 Å². The quantitative estimate of drug-likeness (QED) is 0.282. The van der Waals surface area contributed by atoms with Gasteiger partial charge in [-0.2, -0.15) is 8.42 Å². The zero-order valence-electron chi connectivity index (χ0n) is 21.2. The molecule has 5 rings (SSSR count). The van der Waals surface area contributed by atoms with Crippen LogP contribution in [0.15, 0.2) is 35.4 Å². The van der Waals surface area contributed by atoms with Gasteiger partial charge in [0, 0.05) is 16.9 Å². The van der Waals surface area contributed by atoms with Crippen LogP contribution in [-0.4, -0.2) is 40.6 Å². The maximum absolute atomic E-state index is 13.4. The van der Waals surface area contributed by atoms with Crippen LogP contribution in [0.1, 0.15) is 64.5 Å². The Hall–Kier alpha value is -1.74. The normalized spacial score (nSPS) is 36.5. The van der Waals surface area contributed by atoms with Gasteiger partial charge in [-0.15, -0.1) is 0 Å². The molecular weight excluding hydrogens is 496 g/mol. The third kappa shape index (κ3) is 3.40. The summed E-state index contributed by atoms with van der Waals surface area (Å²) in [7, 11) is -4.29. The van der Waals surface area contributed by atoms with E-state index in [4.69, 9.17) is 0 Å². The number of hydrogen-bond donors (Lipinski definition) is 2. The second kappa shape index (κ2) is 8.13. The molecule has 4 aliphatic rings. The number of ketones is 2. The first kappa shape index (κ1) is 25.9. The lowest BCUT2D eigenvalue weighted by Gasteiger charge is -2.34. The predicted molar refractivity (Wildman–Crippen MR) is 142 cm³/mol. The Bertz CT molecular complexity index is 1300. The Balaban J connectivity index is 1.43. The van der Waals surface area contributed by atoms with E-state index >= 15 is 0 Å². The fraction of sp³-hybridized carbons (Fsp3) is 0.571. The molecule has 0 amide bonds. The third-order valence-electron chi connectivity index (χ3n) is 10.4. The van der Waals surface area contributed by atoms with E-state index in [2.05, 4.69) is 13.8 Å². The predicted octanol–water partition coefficient (Wildman–Crippen LogP) is 5.56. The molecule has 194 valence electrons. The Morgan fingerprint density at radius 1 is 0.861 bits per heavy atom. The zero-order valence-corrected chi connectivity index (χ0v) is 22.8. The average molecular weight is 531 g/mol. The molecule has 36 heavy (non-hydrogen) atoms. The van der Waals surface area contributed by atoms with Crippen molar-refractivity contribution in [3.63, 3.8) is 0 Å². The summed E-state index contributed by atoms with van der Waals surface area (Å²) in [6.07, 6.45) is 6.77. The molecule has 0 spiro atoms. The van der Waals surface area contributed by atoms with Gasteiger partial charge in [0.15, 0.2) is 11.6 Å². The topological polar surface area (TPSA) is 109 Å². The van der Waals surface area contributed by atoms with Crippen LogP contribution in [0.5, 0.6) is 0 Å². The fourth-order valence-electron chi connectivity index (χ4n) is 8.03. The number of carbonyl (C=O) groups is 2. The molecule has 4 unspecified atom stereocenters. The minimum atomic E-state index is -4.29. The van der Waals surface area contributed by atoms with Crippen molar-refractivity contribution in [1.29, 1.82) is 0 Å². The lowest BCUT2D eigenvalue weighted by atomic mass is 9.70. The van der Waals surface area contributed by atoms with Crippen LogP contribution in [0, 0.1) is 33.5 Å². The molecule has 0 saturated heterocycles. The second-order valence-corrected chi connectivity index (χ2v) is 14.3. The second-order valence-electron chi connectivity index (χ2n) is 12.3. The van der Waals surface area contributed by atoms with E-state index in [9.17, 15) is 27.1 Å². The molecule has 6 nitrogen and oxygen atoms in total. The first-order valence-corrected chi connectivity index (χ1v) is 15.1. The highest BCUT2D eigenvalue weighted by Crippen LogP contribution is 2.67. The monoisotopic (exact) mass is 530 g/mol. The van der Waals surface area contributed by atoms with Crippen molar-refractivity contribution in [2.45, 2.75) is 53.4 Å². The van der Waals surface area contributed by atoms with E-state index in [-0.39, 0.29) is 28.8 Å². The standard InChI is InChI=1S/C28H34O6S2/c1-25(2)21-9-11-27(25,15-35-31)23(29)19(21)13-17-5-7-18(8-6-17)14-20-22-10-12-28(24(20)30,26(22,3)4)16-36(32,33)34/h5-8,13-14,21-22,31H,9-12,15-16H2,1-4H3,(H,32,33,34)/b19-13+,20-14+. The van der Waals surface area contributed by atoms with Crippen LogP contribution in [0.4, 0.5) is 0 Å². The molecule has 2 N–H and O–H groups in total. The smallest absolute Gasteiger partial charge is 0.265 e. The van der Waals surface area contributed by atoms with E-state index in [0.29, 0.717) is 17.7 Å². The maximum Gasteiger partial charge on any atom is 0.265 e. The molecule has 0 radical (unpaired) electrons. The van der Waals surface area contributed by atoms with Gasteiger partial charge in [0.2, 0.25) is 0 Å². The van der Waals surface area contributed by atoms with Gasteiger partial charge in [-0.3, -0.25) is 14.1 Å². The van der Waals surface area contributed by atoms with Gasteiger partial charge < -0.3 is 4.55 Å². The van der Waals surface area contributed by atoms with Gasteiger partial charge in [-0.25, -0.2) is 0 Å². The Morgan fingerprint density at radius 2 is 1.28 bits per heavy atom. The Labute approximate surface area is 217 Å². The SMILES string of the molecule is CC1(C)C2CCC1(CSO)C(=O)/C2=C/c1ccc(/C=C2/C(=O)C3(CS(=O)(=O)O)CCC2C3(C)C)cc1. The van der Waals surface area contributed by atoms with Crippen LogP contribution in [-0.2, 0) is 19.7 Å². The molecule has 8 heteroatoms. The van der Waals surface area contributed by atoms with Crippen molar-refractivity contribution in [3.8, 4) is 0 Å². The number of rotatable bonds is 6. The van der Waals surface area contributed by atoms with Crippen molar-refractivity contribution in [1.82, 2.24) is 0 Å². The highest BCUT2D eigenvalue weighted by atomic mass is 32.2. The minimum Gasteiger partial charge on any atom is -0.330 e. The molecule has 0 aliphatic heterocycles. The van der Waals surface area contributed by atoms with Gasteiger partial charge in [0.05, 0.1) is 16.6 Å². The van der Waals surface area contributed by atoms with Crippen molar-refractivity contribution >= 4 is 45.9 Å². The van der Waals surface area contributed by atoms with E-state index in [1.807, 2.05) is 50.3 Å². The molecule has 4 atom stereocenters. The molecule has 0 aromatic heterocycles. The molecule has 4 bridgehead atoms. The summed E-state index contributed by atoms with van der Waals surface area (Å²) in [4.78, 5) is 26.8. The van der Waals surface area contributed by atoms with Gasteiger partial charge in [0.25, 0.3) is 10.1 Å². The maximum atomic E-state index is 13.4. The zero-order chi connectivity index (χ0) is 26.3. The Morgan fingerprint density at radius 3 is 1.72 bits per heavy atom. The number of benzene rings is 1. The summed E-state index contributed by atoms with van der Waals surface area (Å²) < 4.78 is 42.6. The lowest BCUT2D eigenvalue weighted by Crippen LogP contribution is -2.42. The molecule has 4 saturated carbocycles. The number of fused-ring (bicyclic) bond motifs is 4. The lowest BCUT2D eigenvalue weighted by molar-refractivity contribution is -0.125. The number of Topliss-reactive ketones (excluding diaryl/α,β-unsaturated/α-hetero) is 2. The van der Waals surface area contributed by atoms with E-state index < -0.39 is 32.1 Å². The van der Waals surface area contributed by atoms with Gasteiger partial charge in [0.1, 0.15) is 0 Å². The minimum absolute atomic E-state index is 0.0528. The average Bonchev–Trinajstić information content (AvgIpc) is 3.29. The molecule has 1 aromatic carbocycles. The first-order chi connectivity index (χ1) is 16.7.